The van der Waals surface area contributed by atoms with E-state index in [4.69, 9.17) is 14.7 Å². The molecule has 1 aliphatic carbocycles. The SMILES string of the molecule is CN1CCC[C@H]1COc1nc2c(c(N3CCN[C@@H](CC#N)C3)n1)CN(C)C1(CCc3cccc(F)c31)C2. The smallest absolute Gasteiger partial charge is 0.318 e. The number of halogens is 1. The highest BCUT2D eigenvalue weighted by molar-refractivity contribution is 5.54. The van der Waals surface area contributed by atoms with Crippen LogP contribution in [0.3, 0.4) is 0 Å². The summed E-state index contributed by atoms with van der Waals surface area (Å²) in [7, 11) is 4.24. The Morgan fingerprint density at radius 2 is 2.16 bits per heavy atom. The first-order chi connectivity index (χ1) is 18.0. The monoisotopic (exact) mass is 505 g/mol. The number of hydrogen-bond donors (Lipinski definition) is 1. The van der Waals surface area contributed by atoms with Crippen LogP contribution in [0.4, 0.5) is 10.2 Å². The van der Waals surface area contributed by atoms with Gasteiger partial charge in [-0.25, -0.2) is 4.39 Å². The molecule has 6 rings (SSSR count). The van der Waals surface area contributed by atoms with Crippen LogP contribution in [0.25, 0.3) is 0 Å². The van der Waals surface area contributed by atoms with Gasteiger partial charge in [0.1, 0.15) is 18.2 Å². The van der Waals surface area contributed by atoms with Gasteiger partial charge >= 0.3 is 6.01 Å². The fourth-order valence-corrected chi connectivity index (χ4v) is 6.88. The Kier molecular flexibility index (Phi) is 6.51. The summed E-state index contributed by atoms with van der Waals surface area (Å²) in [6.45, 7) is 4.63. The maximum Gasteiger partial charge on any atom is 0.318 e. The summed E-state index contributed by atoms with van der Waals surface area (Å²) < 4.78 is 21.5. The van der Waals surface area contributed by atoms with Crippen molar-refractivity contribution in [2.24, 2.45) is 0 Å². The molecule has 1 spiro atoms. The lowest BCUT2D eigenvalue weighted by Gasteiger charge is -2.45. The van der Waals surface area contributed by atoms with Crippen LogP contribution >= 0.6 is 0 Å². The minimum atomic E-state index is -0.408. The number of aryl methyl sites for hydroxylation is 1. The Hall–Kier alpha value is -2.80. The van der Waals surface area contributed by atoms with Gasteiger partial charge in [0.15, 0.2) is 0 Å². The molecule has 37 heavy (non-hydrogen) atoms. The molecule has 4 aliphatic rings. The van der Waals surface area contributed by atoms with Crippen LogP contribution in [0, 0.1) is 17.1 Å². The summed E-state index contributed by atoms with van der Waals surface area (Å²) in [6.07, 6.45) is 5.14. The minimum absolute atomic E-state index is 0.101. The molecular weight excluding hydrogens is 469 g/mol. The number of piperazine rings is 1. The molecule has 2 fully saturated rings. The number of nitriles is 1. The molecule has 2 saturated heterocycles. The lowest BCUT2D eigenvalue weighted by atomic mass is 9.80. The first kappa shape index (κ1) is 24.5. The number of nitrogens with zero attached hydrogens (tertiary/aromatic N) is 6. The molecule has 3 aliphatic heterocycles. The Bertz CT molecular complexity index is 1220. The van der Waals surface area contributed by atoms with E-state index >= 15 is 4.39 Å². The van der Waals surface area contributed by atoms with Gasteiger partial charge in [0.25, 0.3) is 0 Å². The second-order valence-electron chi connectivity index (χ2n) is 11.1. The van der Waals surface area contributed by atoms with Crippen LogP contribution in [-0.2, 0) is 24.9 Å². The number of rotatable bonds is 5. The van der Waals surface area contributed by atoms with E-state index in [-0.39, 0.29) is 11.9 Å². The van der Waals surface area contributed by atoms with Crippen LogP contribution in [-0.4, -0.2) is 78.7 Å². The molecule has 2 aromatic rings. The Morgan fingerprint density at radius 1 is 1.27 bits per heavy atom. The number of likely N-dealkylation sites (tertiary alicyclic amines) is 1. The highest BCUT2D eigenvalue weighted by Crippen LogP contribution is 2.49. The van der Waals surface area contributed by atoms with Gasteiger partial charge in [-0.3, -0.25) is 4.90 Å². The number of nitrogens with one attached hydrogen (secondary N) is 1. The van der Waals surface area contributed by atoms with Crippen molar-refractivity contribution in [2.45, 2.75) is 62.7 Å². The van der Waals surface area contributed by atoms with E-state index < -0.39 is 5.54 Å². The molecule has 196 valence electrons. The van der Waals surface area contributed by atoms with E-state index in [2.05, 4.69) is 46.2 Å². The third-order valence-electron chi connectivity index (χ3n) is 8.98. The van der Waals surface area contributed by atoms with Crippen molar-refractivity contribution in [1.82, 2.24) is 25.1 Å². The first-order valence-electron chi connectivity index (χ1n) is 13.6. The topological polar surface area (TPSA) is 80.5 Å². The van der Waals surface area contributed by atoms with Gasteiger partial charge in [-0.15, -0.1) is 0 Å². The number of benzene rings is 1. The molecule has 0 bridgehead atoms. The molecule has 0 saturated carbocycles. The number of fused-ring (bicyclic) bond motifs is 3. The summed E-state index contributed by atoms with van der Waals surface area (Å²) in [5, 5.41) is 12.7. The fourth-order valence-electron chi connectivity index (χ4n) is 6.88. The fraction of sp³-hybridized carbons (Fsp3) is 0.607. The first-order valence-corrected chi connectivity index (χ1v) is 13.6. The average molecular weight is 506 g/mol. The van der Waals surface area contributed by atoms with E-state index in [1.54, 1.807) is 6.07 Å². The molecule has 1 aromatic carbocycles. The molecule has 4 heterocycles. The summed E-state index contributed by atoms with van der Waals surface area (Å²) in [4.78, 5) is 16.9. The van der Waals surface area contributed by atoms with Crippen molar-refractivity contribution >= 4 is 5.82 Å². The summed E-state index contributed by atoms with van der Waals surface area (Å²) in [5.41, 5.74) is 3.58. The minimum Gasteiger partial charge on any atom is -0.462 e. The number of hydrogen-bond acceptors (Lipinski definition) is 8. The third kappa shape index (κ3) is 4.35. The van der Waals surface area contributed by atoms with E-state index in [1.807, 2.05) is 6.07 Å². The van der Waals surface area contributed by atoms with Crippen molar-refractivity contribution in [1.29, 1.82) is 5.26 Å². The van der Waals surface area contributed by atoms with Crippen molar-refractivity contribution in [3.8, 4) is 12.1 Å². The molecule has 1 unspecified atom stereocenters. The molecule has 1 N–H and O–H groups in total. The van der Waals surface area contributed by atoms with E-state index in [9.17, 15) is 5.26 Å². The van der Waals surface area contributed by atoms with Crippen LogP contribution in [0.15, 0.2) is 18.2 Å². The van der Waals surface area contributed by atoms with Crippen LogP contribution in [0.5, 0.6) is 6.01 Å². The van der Waals surface area contributed by atoms with E-state index in [1.165, 1.54) is 6.42 Å². The van der Waals surface area contributed by atoms with Gasteiger partial charge in [-0.1, -0.05) is 12.1 Å². The Balaban J connectivity index is 1.37. The zero-order valence-electron chi connectivity index (χ0n) is 21.8. The predicted octanol–water partition coefficient (Wildman–Crippen LogP) is 2.61. The van der Waals surface area contributed by atoms with Crippen molar-refractivity contribution < 1.29 is 9.13 Å². The van der Waals surface area contributed by atoms with Gasteiger partial charge < -0.3 is 19.9 Å². The van der Waals surface area contributed by atoms with Crippen molar-refractivity contribution in [2.75, 3.05) is 51.8 Å². The lowest BCUT2D eigenvalue weighted by Crippen LogP contribution is -2.52. The van der Waals surface area contributed by atoms with Crippen molar-refractivity contribution in [3.05, 3.63) is 46.4 Å². The van der Waals surface area contributed by atoms with Crippen molar-refractivity contribution in [3.63, 3.8) is 0 Å². The molecule has 0 radical (unpaired) electrons. The highest BCUT2D eigenvalue weighted by atomic mass is 19.1. The second-order valence-corrected chi connectivity index (χ2v) is 11.1. The predicted molar refractivity (Wildman–Crippen MR) is 139 cm³/mol. The molecule has 9 heteroatoms. The third-order valence-corrected chi connectivity index (χ3v) is 8.98. The number of anilines is 1. The zero-order chi connectivity index (χ0) is 25.6. The van der Waals surface area contributed by atoms with Gasteiger partial charge in [0.2, 0.25) is 0 Å². The van der Waals surface area contributed by atoms with Crippen LogP contribution in [0.1, 0.15) is 48.1 Å². The number of ether oxygens (including phenoxy) is 1. The van der Waals surface area contributed by atoms with E-state index in [0.29, 0.717) is 44.6 Å². The number of likely N-dealkylation sites (N-methyl/N-ethyl adjacent to an activating group) is 2. The maximum absolute atomic E-state index is 15.2. The summed E-state index contributed by atoms with van der Waals surface area (Å²) >= 11 is 0. The van der Waals surface area contributed by atoms with Crippen LogP contribution in [0.2, 0.25) is 0 Å². The summed E-state index contributed by atoms with van der Waals surface area (Å²) in [6, 6.07) is 8.65. The standard InChI is InChI=1S/C28H36FN7O/c1-34-13-4-6-21(34)18-37-27-32-24-15-28(10-8-19-5-3-7-23(29)25(19)28)35(2)17-22(24)26(33-27)36-14-12-31-20(16-36)9-11-30/h3,5,7,20-21,31H,4,6,8-10,12-18H2,1-2H3/t20-,21-,28?/m0/s1. The largest absolute Gasteiger partial charge is 0.462 e. The molecular formula is C28H36FN7O. The summed E-state index contributed by atoms with van der Waals surface area (Å²) in [5.74, 6) is 0.777. The van der Waals surface area contributed by atoms with Gasteiger partial charge in [0.05, 0.1) is 23.7 Å². The van der Waals surface area contributed by atoms with Gasteiger partial charge in [-0.2, -0.15) is 15.2 Å². The molecule has 1 aromatic heterocycles. The Labute approximate surface area is 218 Å². The molecule has 0 amide bonds. The Morgan fingerprint density at radius 3 is 2.97 bits per heavy atom. The highest BCUT2D eigenvalue weighted by Gasteiger charge is 2.48. The maximum atomic E-state index is 15.2. The van der Waals surface area contributed by atoms with Crippen LogP contribution < -0.4 is 15.0 Å². The quantitative estimate of drug-likeness (QED) is 0.664. The zero-order valence-corrected chi connectivity index (χ0v) is 21.8. The number of aromatic nitrogens is 2. The van der Waals surface area contributed by atoms with Gasteiger partial charge in [0, 0.05) is 55.8 Å². The molecule has 8 nitrogen and oxygen atoms in total. The second kappa shape index (κ2) is 9.82. The van der Waals surface area contributed by atoms with E-state index in [0.717, 1.165) is 67.1 Å². The lowest BCUT2D eigenvalue weighted by molar-refractivity contribution is 0.0887. The normalized spacial score (nSPS) is 27.8. The van der Waals surface area contributed by atoms with Gasteiger partial charge in [-0.05, 0) is 58.0 Å². The molecule has 3 atom stereocenters. The average Bonchev–Trinajstić information content (AvgIpc) is 3.48.